The van der Waals surface area contributed by atoms with Crippen molar-refractivity contribution in [1.29, 1.82) is 0 Å². The number of carbonyl (C=O) groups excluding carboxylic acids is 1. The second kappa shape index (κ2) is 13.9. The van der Waals surface area contributed by atoms with Crippen molar-refractivity contribution in [2.45, 2.75) is 66.0 Å². The summed E-state index contributed by atoms with van der Waals surface area (Å²) >= 11 is 0. The molecule has 32 heavy (non-hydrogen) atoms. The lowest BCUT2D eigenvalue weighted by Crippen LogP contribution is -2.43. The molecule has 1 aliphatic rings. The summed E-state index contributed by atoms with van der Waals surface area (Å²) in [6.07, 6.45) is 2.73. The molecule has 1 atom stereocenters. The van der Waals surface area contributed by atoms with E-state index in [1.807, 2.05) is 58.9 Å². The number of amides is 1. The number of likely N-dealkylation sites (tertiary alicyclic amines) is 1. The first-order valence-corrected chi connectivity index (χ1v) is 11.5. The Hall–Kier alpha value is -1.55. The Balaban J connectivity index is 0.00000512. The van der Waals surface area contributed by atoms with Crippen LogP contribution in [0.3, 0.4) is 0 Å². The molecule has 1 aromatic rings. The number of rotatable bonds is 9. The number of guanidine groups is 1. The molecule has 0 spiro atoms. The molecule has 0 saturated carbocycles. The Morgan fingerprint density at radius 2 is 1.75 bits per heavy atom. The second-order valence-corrected chi connectivity index (χ2v) is 9.77. The van der Waals surface area contributed by atoms with E-state index in [0.29, 0.717) is 11.9 Å². The van der Waals surface area contributed by atoms with Crippen molar-refractivity contribution in [2.75, 3.05) is 38.0 Å². The van der Waals surface area contributed by atoms with Crippen LogP contribution in [0.15, 0.2) is 29.3 Å². The van der Waals surface area contributed by atoms with Crippen LogP contribution < -0.4 is 20.7 Å². The zero-order valence-corrected chi connectivity index (χ0v) is 22.9. The third-order valence-corrected chi connectivity index (χ3v) is 4.77. The fourth-order valence-corrected chi connectivity index (χ4v) is 3.52. The van der Waals surface area contributed by atoms with Crippen molar-refractivity contribution in [2.24, 2.45) is 10.9 Å². The van der Waals surface area contributed by atoms with Gasteiger partial charge in [-0.25, -0.2) is 4.99 Å². The normalized spacial score (nSPS) is 15.8. The van der Waals surface area contributed by atoms with Gasteiger partial charge in [-0.1, -0.05) is 6.92 Å². The van der Waals surface area contributed by atoms with Gasteiger partial charge in [-0.3, -0.25) is 4.79 Å². The van der Waals surface area contributed by atoms with E-state index in [-0.39, 0.29) is 48.1 Å². The van der Waals surface area contributed by atoms with Gasteiger partial charge in [-0.05, 0) is 90.7 Å². The summed E-state index contributed by atoms with van der Waals surface area (Å²) in [5.74, 6) is 1.82. The highest BCUT2D eigenvalue weighted by Crippen LogP contribution is 2.17. The van der Waals surface area contributed by atoms with Gasteiger partial charge >= 0.3 is 0 Å². The summed E-state index contributed by atoms with van der Waals surface area (Å²) in [5, 5.41) is 9.68. The molecule has 0 radical (unpaired) electrons. The fraction of sp³-hybridized carbons (Fsp3) is 0.667. The molecule has 1 amide bonds. The molecule has 3 N–H and O–H groups in total. The van der Waals surface area contributed by atoms with Crippen LogP contribution in [0.4, 0.5) is 5.69 Å². The summed E-state index contributed by atoms with van der Waals surface area (Å²) < 4.78 is 5.71. The van der Waals surface area contributed by atoms with E-state index in [2.05, 4.69) is 32.8 Å². The number of nitrogens with zero attached hydrogens (tertiary/aromatic N) is 2. The molecule has 2 rings (SSSR count). The molecule has 0 aromatic heterocycles. The number of anilines is 1. The van der Waals surface area contributed by atoms with Crippen LogP contribution >= 0.6 is 24.0 Å². The molecule has 0 aliphatic carbocycles. The van der Waals surface area contributed by atoms with Gasteiger partial charge < -0.3 is 25.6 Å². The highest BCUT2D eigenvalue weighted by molar-refractivity contribution is 14.0. The summed E-state index contributed by atoms with van der Waals surface area (Å²) in [5.41, 5.74) is 0.621. The third kappa shape index (κ3) is 11.9. The fourth-order valence-electron chi connectivity index (χ4n) is 3.52. The molecule has 7 nitrogen and oxygen atoms in total. The van der Waals surface area contributed by atoms with Crippen molar-refractivity contribution in [3.8, 4) is 5.75 Å². The standard InChI is InChI=1S/C24H41N5O2.HI/c1-18(2)31-21-11-9-20(10-12-21)27-23(26-16-22(30)28-24(4,5)6)25-15-19(3)17-29-13-7-8-14-29;/h9-12,18-19H,7-8,13-17H2,1-6H3,(H,28,30)(H2,25,26,27);1H. The topological polar surface area (TPSA) is 78.0 Å². The van der Waals surface area contributed by atoms with Gasteiger partial charge in [0.05, 0.1) is 6.10 Å². The lowest BCUT2D eigenvalue weighted by Gasteiger charge is -2.22. The first-order valence-electron chi connectivity index (χ1n) is 11.5. The van der Waals surface area contributed by atoms with Gasteiger partial charge in [0.1, 0.15) is 12.3 Å². The van der Waals surface area contributed by atoms with Gasteiger partial charge in [0.15, 0.2) is 5.96 Å². The minimum absolute atomic E-state index is 0. The predicted molar refractivity (Wildman–Crippen MR) is 144 cm³/mol. The highest BCUT2D eigenvalue weighted by atomic mass is 127. The Kier molecular flexibility index (Phi) is 12.3. The number of halogens is 1. The van der Waals surface area contributed by atoms with Crippen LogP contribution in [-0.4, -0.2) is 61.1 Å². The highest BCUT2D eigenvalue weighted by Gasteiger charge is 2.16. The number of carbonyl (C=O) groups is 1. The third-order valence-electron chi connectivity index (χ3n) is 4.77. The van der Waals surface area contributed by atoms with Crippen molar-refractivity contribution in [1.82, 2.24) is 15.5 Å². The maximum atomic E-state index is 12.2. The van der Waals surface area contributed by atoms with Crippen LogP contribution in [0.2, 0.25) is 0 Å². The van der Waals surface area contributed by atoms with Crippen LogP contribution in [0.1, 0.15) is 54.4 Å². The summed E-state index contributed by atoms with van der Waals surface area (Å²) in [6, 6.07) is 7.78. The van der Waals surface area contributed by atoms with Gasteiger partial charge in [0.2, 0.25) is 5.91 Å². The van der Waals surface area contributed by atoms with Crippen LogP contribution in [0, 0.1) is 5.92 Å². The van der Waals surface area contributed by atoms with Crippen LogP contribution in [-0.2, 0) is 4.79 Å². The van der Waals surface area contributed by atoms with E-state index in [1.54, 1.807) is 0 Å². The zero-order chi connectivity index (χ0) is 22.9. The minimum Gasteiger partial charge on any atom is -0.491 e. The molecular formula is C24H42IN5O2. The van der Waals surface area contributed by atoms with Gasteiger partial charge in [0.25, 0.3) is 0 Å². The molecule has 1 aliphatic heterocycles. The lowest BCUT2D eigenvalue weighted by atomic mass is 10.1. The Labute approximate surface area is 211 Å². The number of hydrogen-bond donors (Lipinski definition) is 3. The maximum absolute atomic E-state index is 12.2. The van der Waals surface area contributed by atoms with E-state index >= 15 is 0 Å². The van der Waals surface area contributed by atoms with Crippen molar-refractivity contribution >= 4 is 41.5 Å². The molecule has 1 aromatic carbocycles. The van der Waals surface area contributed by atoms with E-state index < -0.39 is 0 Å². The molecule has 182 valence electrons. The Morgan fingerprint density at radius 1 is 1.12 bits per heavy atom. The number of aliphatic imine (C=N–C) groups is 1. The van der Waals surface area contributed by atoms with Crippen molar-refractivity contribution < 1.29 is 9.53 Å². The lowest BCUT2D eigenvalue weighted by molar-refractivity contribution is -0.121. The van der Waals surface area contributed by atoms with E-state index in [0.717, 1.165) is 24.5 Å². The maximum Gasteiger partial charge on any atom is 0.242 e. The molecular weight excluding hydrogens is 517 g/mol. The van der Waals surface area contributed by atoms with Gasteiger partial charge in [-0.15, -0.1) is 24.0 Å². The number of nitrogens with one attached hydrogen (secondary N) is 3. The first kappa shape index (κ1) is 28.5. The summed E-state index contributed by atoms with van der Waals surface area (Å²) in [6.45, 7) is 16.5. The van der Waals surface area contributed by atoms with E-state index in [9.17, 15) is 4.79 Å². The molecule has 1 fully saturated rings. The zero-order valence-electron chi connectivity index (χ0n) is 20.5. The molecule has 1 saturated heterocycles. The average molecular weight is 560 g/mol. The monoisotopic (exact) mass is 559 g/mol. The van der Waals surface area contributed by atoms with Crippen molar-refractivity contribution in [3.63, 3.8) is 0 Å². The second-order valence-electron chi connectivity index (χ2n) is 9.77. The molecule has 0 bridgehead atoms. The Bertz CT molecular complexity index is 710. The van der Waals surface area contributed by atoms with Gasteiger partial charge in [0, 0.05) is 24.3 Å². The van der Waals surface area contributed by atoms with Crippen LogP contribution in [0.25, 0.3) is 0 Å². The number of hydrogen-bond acceptors (Lipinski definition) is 4. The van der Waals surface area contributed by atoms with Crippen molar-refractivity contribution in [3.05, 3.63) is 24.3 Å². The molecule has 1 unspecified atom stereocenters. The summed E-state index contributed by atoms with van der Waals surface area (Å²) in [7, 11) is 0. The molecule has 1 heterocycles. The van der Waals surface area contributed by atoms with E-state index in [1.165, 1.54) is 25.9 Å². The molecule has 8 heteroatoms. The minimum atomic E-state index is -0.274. The van der Waals surface area contributed by atoms with Gasteiger partial charge in [-0.2, -0.15) is 0 Å². The predicted octanol–water partition coefficient (Wildman–Crippen LogP) is 4.10. The SMILES string of the molecule is CC(CNC(=NCC(=O)NC(C)(C)C)Nc1ccc(OC(C)C)cc1)CN1CCCC1.I. The Morgan fingerprint density at radius 3 is 2.31 bits per heavy atom. The largest absolute Gasteiger partial charge is 0.491 e. The summed E-state index contributed by atoms with van der Waals surface area (Å²) in [4.78, 5) is 19.3. The number of ether oxygens (including phenoxy) is 1. The number of benzene rings is 1. The van der Waals surface area contributed by atoms with Crippen LogP contribution in [0.5, 0.6) is 5.75 Å². The smallest absolute Gasteiger partial charge is 0.242 e. The quantitative estimate of drug-likeness (QED) is 0.241. The first-order chi connectivity index (χ1) is 14.6. The van der Waals surface area contributed by atoms with E-state index in [4.69, 9.17) is 4.74 Å². The average Bonchev–Trinajstić information content (AvgIpc) is 3.16.